The predicted octanol–water partition coefficient (Wildman–Crippen LogP) is 3.32. The van der Waals surface area contributed by atoms with Crippen LogP contribution in [-0.4, -0.2) is 46.8 Å². The van der Waals surface area contributed by atoms with Gasteiger partial charge in [-0.2, -0.15) is 0 Å². The Balaban J connectivity index is 2.20. The molecule has 10 heteroatoms. The van der Waals surface area contributed by atoms with Crippen LogP contribution in [0.2, 0.25) is 5.02 Å². The van der Waals surface area contributed by atoms with Gasteiger partial charge in [-0.05, 0) is 48.9 Å². The lowest BCUT2D eigenvalue weighted by atomic mass is 10.2. The molecule has 0 saturated heterocycles. The molecule has 0 unspecified atom stereocenters. The maximum absolute atomic E-state index is 12.5. The van der Waals surface area contributed by atoms with Crippen molar-refractivity contribution in [3.05, 3.63) is 53.1 Å². The molecule has 8 nitrogen and oxygen atoms in total. The molecule has 0 spiro atoms. The number of hydrogen-bond donors (Lipinski definition) is 1. The standard InChI is InChI=1S/C20H23ClN2O6S/c1-4-11-29-16-8-6-15(7-9-16)23(30(3,26)27)13-19(24)22-18-12-14(20(25)28-2)5-10-17(18)21/h5-10,12H,4,11,13H2,1-3H3,(H,22,24). The Bertz CT molecular complexity index is 1010. The fourth-order valence-corrected chi connectivity index (χ4v) is 3.54. The van der Waals surface area contributed by atoms with Gasteiger partial charge in [0.15, 0.2) is 0 Å². The molecule has 162 valence electrons. The van der Waals surface area contributed by atoms with Crippen molar-refractivity contribution in [2.45, 2.75) is 13.3 Å². The number of benzene rings is 2. The Hall–Kier alpha value is -2.78. The van der Waals surface area contributed by atoms with Gasteiger partial charge < -0.3 is 14.8 Å². The lowest BCUT2D eigenvalue weighted by Crippen LogP contribution is -2.37. The Morgan fingerprint density at radius 1 is 1.13 bits per heavy atom. The van der Waals surface area contributed by atoms with E-state index in [1.165, 1.54) is 25.3 Å². The number of amides is 1. The first-order chi connectivity index (χ1) is 14.2. The smallest absolute Gasteiger partial charge is 0.337 e. The Morgan fingerprint density at radius 2 is 1.80 bits per heavy atom. The third kappa shape index (κ3) is 6.36. The number of rotatable bonds is 9. The van der Waals surface area contributed by atoms with Gasteiger partial charge in [0.1, 0.15) is 12.3 Å². The monoisotopic (exact) mass is 454 g/mol. The molecule has 2 rings (SSSR count). The zero-order valence-electron chi connectivity index (χ0n) is 16.8. The molecule has 2 aromatic rings. The topological polar surface area (TPSA) is 102 Å². The number of esters is 1. The first-order valence-corrected chi connectivity index (χ1v) is 11.3. The first kappa shape index (κ1) is 23.5. The second-order valence-electron chi connectivity index (χ2n) is 6.35. The van der Waals surface area contributed by atoms with E-state index in [2.05, 4.69) is 10.1 Å². The maximum Gasteiger partial charge on any atom is 0.337 e. The van der Waals surface area contributed by atoms with E-state index < -0.39 is 28.4 Å². The van der Waals surface area contributed by atoms with Crippen LogP contribution >= 0.6 is 11.6 Å². The number of nitrogens with zero attached hydrogens (tertiary/aromatic N) is 1. The number of carbonyl (C=O) groups is 2. The SMILES string of the molecule is CCCOc1ccc(N(CC(=O)Nc2cc(C(=O)OC)ccc2Cl)S(C)(=O)=O)cc1. The summed E-state index contributed by atoms with van der Waals surface area (Å²) in [5, 5.41) is 2.73. The molecule has 0 aliphatic rings. The molecule has 0 aliphatic carbocycles. The van der Waals surface area contributed by atoms with Crippen molar-refractivity contribution in [2.24, 2.45) is 0 Å². The number of halogens is 1. The summed E-state index contributed by atoms with van der Waals surface area (Å²) in [7, 11) is -2.51. The van der Waals surface area contributed by atoms with Crippen molar-refractivity contribution in [1.29, 1.82) is 0 Å². The normalized spacial score (nSPS) is 10.9. The van der Waals surface area contributed by atoms with Crippen molar-refractivity contribution in [3.63, 3.8) is 0 Å². The minimum atomic E-state index is -3.75. The molecule has 1 N–H and O–H groups in total. The van der Waals surface area contributed by atoms with E-state index in [9.17, 15) is 18.0 Å². The van der Waals surface area contributed by atoms with E-state index in [1.54, 1.807) is 24.3 Å². The third-order valence-corrected chi connectivity index (χ3v) is 5.42. The van der Waals surface area contributed by atoms with E-state index in [-0.39, 0.29) is 16.3 Å². The largest absolute Gasteiger partial charge is 0.494 e. The lowest BCUT2D eigenvalue weighted by molar-refractivity contribution is -0.114. The quantitative estimate of drug-likeness (QED) is 0.583. The Kier molecular flexibility index (Phi) is 8.08. The van der Waals surface area contributed by atoms with Gasteiger partial charge in [0.2, 0.25) is 15.9 Å². The zero-order chi connectivity index (χ0) is 22.3. The summed E-state index contributed by atoms with van der Waals surface area (Å²) in [5.74, 6) is -0.620. The second kappa shape index (κ2) is 10.3. The third-order valence-electron chi connectivity index (χ3n) is 3.95. The lowest BCUT2D eigenvalue weighted by Gasteiger charge is -2.22. The van der Waals surface area contributed by atoms with E-state index in [0.717, 1.165) is 17.0 Å². The summed E-state index contributed by atoms with van der Waals surface area (Å²) in [5.41, 5.74) is 0.673. The number of ether oxygens (including phenoxy) is 2. The van der Waals surface area contributed by atoms with Crippen molar-refractivity contribution < 1.29 is 27.5 Å². The summed E-state index contributed by atoms with van der Waals surface area (Å²) in [6, 6.07) is 10.6. The highest BCUT2D eigenvalue weighted by Crippen LogP contribution is 2.25. The van der Waals surface area contributed by atoms with E-state index >= 15 is 0 Å². The van der Waals surface area contributed by atoms with Gasteiger partial charge in [-0.1, -0.05) is 18.5 Å². The highest BCUT2D eigenvalue weighted by atomic mass is 35.5. The van der Waals surface area contributed by atoms with Gasteiger partial charge in [0, 0.05) is 0 Å². The van der Waals surface area contributed by atoms with Gasteiger partial charge in [-0.3, -0.25) is 9.10 Å². The molecule has 0 aromatic heterocycles. The number of anilines is 2. The fourth-order valence-electron chi connectivity index (χ4n) is 2.51. The van der Waals surface area contributed by atoms with Gasteiger partial charge in [-0.25, -0.2) is 13.2 Å². The molecule has 0 saturated carbocycles. The van der Waals surface area contributed by atoms with Crippen LogP contribution in [0.25, 0.3) is 0 Å². The second-order valence-corrected chi connectivity index (χ2v) is 8.66. The summed E-state index contributed by atoms with van der Waals surface area (Å²) < 4.78 is 35.6. The Labute approximate surface area is 180 Å². The summed E-state index contributed by atoms with van der Waals surface area (Å²) >= 11 is 6.08. The molecule has 0 aliphatic heterocycles. The fraction of sp³-hybridized carbons (Fsp3) is 0.300. The van der Waals surface area contributed by atoms with Crippen LogP contribution in [0, 0.1) is 0 Å². The minimum absolute atomic E-state index is 0.168. The van der Waals surface area contributed by atoms with E-state index in [1.807, 2.05) is 6.92 Å². The number of carbonyl (C=O) groups excluding carboxylic acids is 2. The molecule has 0 fully saturated rings. The van der Waals surface area contributed by atoms with Crippen LogP contribution in [0.3, 0.4) is 0 Å². The van der Waals surface area contributed by atoms with E-state index in [0.29, 0.717) is 18.0 Å². The maximum atomic E-state index is 12.5. The molecule has 0 atom stereocenters. The van der Waals surface area contributed by atoms with Crippen molar-refractivity contribution in [3.8, 4) is 5.75 Å². The van der Waals surface area contributed by atoms with Crippen LogP contribution in [0.1, 0.15) is 23.7 Å². The molecule has 1 amide bonds. The minimum Gasteiger partial charge on any atom is -0.494 e. The predicted molar refractivity (Wildman–Crippen MR) is 116 cm³/mol. The molecule has 0 heterocycles. The van der Waals surface area contributed by atoms with Crippen LogP contribution in [0.4, 0.5) is 11.4 Å². The molecule has 0 bridgehead atoms. The molecule has 0 radical (unpaired) electrons. The zero-order valence-corrected chi connectivity index (χ0v) is 18.4. The van der Waals surface area contributed by atoms with Crippen LogP contribution in [-0.2, 0) is 19.6 Å². The Morgan fingerprint density at radius 3 is 2.37 bits per heavy atom. The number of hydrogen-bond acceptors (Lipinski definition) is 6. The summed E-state index contributed by atoms with van der Waals surface area (Å²) in [4.78, 5) is 24.2. The van der Waals surface area contributed by atoms with Crippen LogP contribution < -0.4 is 14.4 Å². The number of methoxy groups -OCH3 is 1. The highest BCUT2D eigenvalue weighted by Gasteiger charge is 2.22. The molecule has 30 heavy (non-hydrogen) atoms. The van der Waals surface area contributed by atoms with Crippen molar-refractivity contribution in [2.75, 3.05) is 36.1 Å². The van der Waals surface area contributed by atoms with Crippen molar-refractivity contribution in [1.82, 2.24) is 0 Å². The first-order valence-electron chi connectivity index (χ1n) is 9.04. The van der Waals surface area contributed by atoms with Crippen LogP contribution in [0.15, 0.2) is 42.5 Å². The van der Waals surface area contributed by atoms with Crippen molar-refractivity contribution >= 4 is 44.9 Å². The molecular formula is C20H23ClN2O6S. The molecular weight excluding hydrogens is 432 g/mol. The van der Waals surface area contributed by atoms with Gasteiger partial charge >= 0.3 is 5.97 Å². The average Bonchev–Trinajstić information content (AvgIpc) is 2.71. The highest BCUT2D eigenvalue weighted by molar-refractivity contribution is 7.92. The van der Waals surface area contributed by atoms with Gasteiger partial charge in [-0.15, -0.1) is 0 Å². The van der Waals surface area contributed by atoms with E-state index in [4.69, 9.17) is 16.3 Å². The number of sulfonamides is 1. The van der Waals surface area contributed by atoms with Gasteiger partial charge in [0.05, 0.1) is 41.9 Å². The van der Waals surface area contributed by atoms with Gasteiger partial charge in [0.25, 0.3) is 0 Å². The summed E-state index contributed by atoms with van der Waals surface area (Å²) in [6.07, 6.45) is 1.85. The molecule has 2 aromatic carbocycles. The average molecular weight is 455 g/mol. The van der Waals surface area contributed by atoms with Crippen LogP contribution in [0.5, 0.6) is 5.75 Å². The number of nitrogens with one attached hydrogen (secondary N) is 1. The summed E-state index contributed by atoms with van der Waals surface area (Å²) in [6.45, 7) is 2.04.